The second kappa shape index (κ2) is 11.4. The lowest BCUT2D eigenvalue weighted by Gasteiger charge is -2.37. The number of ether oxygens (including phenoxy) is 1. The Morgan fingerprint density at radius 3 is 2.70 bits per heavy atom. The Hall–Kier alpha value is -4.44. The van der Waals surface area contributed by atoms with Crippen LogP contribution < -0.4 is 10.1 Å². The molecule has 2 aromatic carbocycles. The predicted molar refractivity (Wildman–Crippen MR) is 149 cm³/mol. The molecule has 0 bridgehead atoms. The second-order valence-electron chi connectivity index (χ2n) is 10.2. The maximum absolute atomic E-state index is 13.7. The maximum Gasteiger partial charge on any atom is 0.321 e. The SMILES string of the molecule is CC(CO)N1C[C@H](C)[C@H](CN(C)C(=O)Nc2ccc(F)cc2)Oc2ncc(-c3cc4ccccc4o3)cc2C1=O. The summed E-state index contributed by atoms with van der Waals surface area (Å²) in [5.74, 6) is -0.202. The van der Waals surface area contributed by atoms with Crippen LogP contribution in [0.5, 0.6) is 5.88 Å². The van der Waals surface area contributed by atoms with Crippen molar-refractivity contribution < 1.29 is 28.2 Å². The summed E-state index contributed by atoms with van der Waals surface area (Å²) in [7, 11) is 1.63. The zero-order chi connectivity index (χ0) is 28.4. The molecule has 0 saturated heterocycles. The first-order chi connectivity index (χ1) is 19.2. The van der Waals surface area contributed by atoms with Gasteiger partial charge in [0.15, 0.2) is 0 Å². The lowest BCUT2D eigenvalue weighted by molar-refractivity contribution is 0.0356. The van der Waals surface area contributed by atoms with Crippen LogP contribution in [-0.2, 0) is 0 Å². The summed E-state index contributed by atoms with van der Waals surface area (Å²) < 4.78 is 25.5. The molecule has 10 heteroatoms. The molecular weight excluding hydrogens is 515 g/mol. The summed E-state index contributed by atoms with van der Waals surface area (Å²) in [5, 5.41) is 13.6. The normalized spacial score (nSPS) is 17.9. The van der Waals surface area contributed by atoms with E-state index >= 15 is 0 Å². The Morgan fingerprint density at radius 2 is 1.98 bits per heavy atom. The molecule has 1 unspecified atom stereocenters. The van der Waals surface area contributed by atoms with Crippen LogP contribution >= 0.6 is 0 Å². The van der Waals surface area contributed by atoms with Gasteiger partial charge in [-0.2, -0.15) is 0 Å². The van der Waals surface area contributed by atoms with E-state index in [4.69, 9.17) is 9.15 Å². The third kappa shape index (κ3) is 5.62. The smallest absolute Gasteiger partial charge is 0.321 e. The molecule has 9 nitrogen and oxygen atoms in total. The van der Waals surface area contributed by atoms with E-state index in [2.05, 4.69) is 10.3 Å². The molecule has 5 rings (SSSR count). The number of aliphatic hydroxyl groups excluding tert-OH is 1. The molecule has 40 heavy (non-hydrogen) atoms. The molecule has 1 aliphatic heterocycles. The fourth-order valence-corrected chi connectivity index (χ4v) is 4.68. The Bertz CT molecular complexity index is 1490. The van der Waals surface area contributed by atoms with Crippen molar-refractivity contribution in [3.8, 4) is 17.2 Å². The summed E-state index contributed by atoms with van der Waals surface area (Å²) in [6.07, 6.45) is 1.08. The van der Waals surface area contributed by atoms with Gasteiger partial charge in [-0.15, -0.1) is 0 Å². The molecule has 3 atom stereocenters. The highest BCUT2D eigenvalue weighted by Crippen LogP contribution is 2.33. The van der Waals surface area contributed by atoms with Gasteiger partial charge in [0.05, 0.1) is 19.2 Å². The fraction of sp³-hybridized carbons (Fsp3) is 0.300. The van der Waals surface area contributed by atoms with Gasteiger partial charge in [-0.1, -0.05) is 25.1 Å². The monoisotopic (exact) mass is 546 g/mol. The number of amides is 3. The average Bonchev–Trinajstić information content (AvgIpc) is 3.40. The number of hydrogen-bond donors (Lipinski definition) is 2. The topological polar surface area (TPSA) is 108 Å². The molecule has 0 radical (unpaired) electrons. The van der Waals surface area contributed by atoms with Gasteiger partial charge >= 0.3 is 6.03 Å². The molecule has 0 aliphatic carbocycles. The first-order valence-electron chi connectivity index (χ1n) is 13.1. The standard InChI is InChI=1S/C30H31FN4O5/c1-18-15-35(19(2)17-36)29(37)24-12-21(26-13-20-6-4-5-7-25(20)39-26)14-32-28(24)40-27(18)16-34(3)30(38)33-23-10-8-22(31)9-11-23/h4-14,18-19,27,36H,15-17H2,1-3H3,(H,33,38)/t18-,19?,27-/m0/s1. The third-order valence-corrected chi connectivity index (χ3v) is 7.13. The van der Waals surface area contributed by atoms with E-state index in [1.807, 2.05) is 37.3 Å². The van der Waals surface area contributed by atoms with Crippen LogP contribution in [0.25, 0.3) is 22.3 Å². The molecule has 3 heterocycles. The minimum atomic E-state index is -0.520. The van der Waals surface area contributed by atoms with Crippen LogP contribution in [0, 0.1) is 11.7 Å². The number of rotatable bonds is 6. The van der Waals surface area contributed by atoms with E-state index in [-0.39, 0.29) is 36.4 Å². The Labute approximate surface area is 231 Å². The van der Waals surface area contributed by atoms with Crippen molar-refractivity contribution in [1.82, 2.24) is 14.8 Å². The van der Waals surface area contributed by atoms with Gasteiger partial charge in [-0.25, -0.2) is 14.2 Å². The first-order valence-corrected chi connectivity index (χ1v) is 13.1. The Morgan fingerprint density at radius 1 is 1.23 bits per heavy atom. The number of benzene rings is 2. The van der Waals surface area contributed by atoms with Crippen molar-refractivity contribution in [2.24, 2.45) is 5.92 Å². The van der Waals surface area contributed by atoms with E-state index in [0.29, 0.717) is 23.6 Å². The number of carbonyl (C=O) groups excluding carboxylic acids is 2. The van der Waals surface area contributed by atoms with E-state index in [9.17, 15) is 19.1 Å². The summed E-state index contributed by atoms with van der Waals surface area (Å²) in [6, 6.07) is 15.9. The number of aliphatic hydroxyl groups is 1. The zero-order valence-electron chi connectivity index (χ0n) is 22.5. The number of nitrogens with zero attached hydrogens (tertiary/aromatic N) is 3. The molecular formula is C30H31FN4O5. The number of para-hydroxylation sites is 1. The second-order valence-corrected chi connectivity index (χ2v) is 10.2. The predicted octanol–water partition coefficient (Wildman–Crippen LogP) is 5.02. The summed E-state index contributed by atoms with van der Waals surface area (Å²) in [5.41, 5.74) is 2.04. The van der Waals surface area contributed by atoms with Gasteiger partial charge in [0.1, 0.15) is 28.8 Å². The fourth-order valence-electron chi connectivity index (χ4n) is 4.68. The number of anilines is 1. The van der Waals surface area contributed by atoms with Crippen molar-refractivity contribution in [3.63, 3.8) is 0 Å². The molecule has 3 amide bonds. The number of halogens is 1. The van der Waals surface area contributed by atoms with Crippen LogP contribution in [-0.4, -0.2) is 70.7 Å². The van der Waals surface area contributed by atoms with E-state index in [1.54, 1.807) is 31.1 Å². The van der Waals surface area contributed by atoms with Crippen LogP contribution in [0.4, 0.5) is 14.9 Å². The Kier molecular flexibility index (Phi) is 7.70. The highest BCUT2D eigenvalue weighted by Gasteiger charge is 2.35. The number of carbonyl (C=O) groups is 2. The maximum atomic E-state index is 13.7. The Balaban J connectivity index is 1.44. The summed E-state index contributed by atoms with van der Waals surface area (Å²) in [4.78, 5) is 34.2. The van der Waals surface area contributed by atoms with E-state index in [0.717, 1.165) is 11.0 Å². The number of aromatic nitrogens is 1. The summed E-state index contributed by atoms with van der Waals surface area (Å²) >= 11 is 0. The number of pyridine rings is 1. The number of hydrogen-bond acceptors (Lipinski definition) is 6. The lowest BCUT2D eigenvalue weighted by atomic mass is 9.99. The number of nitrogens with one attached hydrogen (secondary N) is 1. The molecule has 0 saturated carbocycles. The van der Waals surface area contributed by atoms with Gasteiger partial charge in [0.2, 0.25) is 5.88 Å². The molecule has 0 spiro atoms. The van der Waals surface area contributed by atoms with Crippen molar-refractivity contribution in [3.05, 3.63) is 78.2 Å². The first kappa shape index (κ1) is 27.1. The van der Waals surface area contributed by atoms with Crippen LogP contribution in [0.2, 0.25) is 0 Å². The van der Waals surface area contributed by atoms with Crippen molar-refractivity contribution in [2.45, 2.75) is 26.0 Å². The number of urea groups is 1. The molecule has 2 N–H and O–H groups in total. The van der Waals surface area contributed by atoms with Gasteiger partial charge in [-0.3, -0.25) is 4.79 Å². The van der Waals surface area contributed by atoms with Gasteiger partial charge in [0.25, 0.3) is 5.91 Å². The van der Waals surface area contributed by atoms with E-state index in [1.165, 1.54) is 29.2 Å². The number of likely N-dealkylation sites (N-methyl/N-ethyl adjacent to an activating group) is 1. The molecule has 208 valence electrons. The van der Waals surface area contributed by atoms with Crippen molar-refractivity contribution in [1.29, 1.82) is 0 Å². The van der Waals surface area contributed by atoms with Crippen LogP contribution in [0.15, 0.2) is 71.3 Å². The quantitative estimate of drug-likeness (QED) is 0.352. The molecule has 2 aromatic heterocycles. The molecule has 0 fully saturated rings. The lowest BCUT2D eigenvalue weighted by Crippen LogP contribution is -2.50. The number of fused-ring (bicyclic) bond motifs is 2. The highest BCUT2D eigenvalue weighted by molar-refractivity contribution is 5.98. The largest absolute Gasteiger partial charge is 0.472 e. The highest BCUT2D eigenvalue weighted by atomic mass is 19.1. The zero-order valence-corrected chi connectivity index (χ0v) is 22.5. The van der Waals surface area contributed by atoms with Gasteiger partial charge in [-0.05, 0) is 49.4 Å². The van der Waals surface area contributed by atoms with Gasteiger partial charge < -0.3 is 29.4 Å². The van der Waals surface area contributed by atoms with Crippen molar-refractivity contribution >= 4 is 28.6 Å². The minimum Gasteiger partial charge on any atom is -0.472 e. The third-order valence-electron chi connectivity index (χ3n) is 7.13. The summed E-state index contributed by atoms with van der Waals surface area (Å²) in [6.45, 7) is 3.98. The van der Waals surface area contributed by atoms with Crippen molar-refractivity contribution in [2.75, 3.05) is 32.1 Å². The van der Waals surface area contributed by atoms with Crippen LogP contribution in [0.3, 0.4) is 0 Å². The van der Waals surface area contributed by atoms with E-state index < -0.39 is 24.0 Å². The average molecular weight is 547 g/mol. The molecule has 1 aliphatic rings. The molecule has 4 aromatic rings. The van der Waals surface area contributed by atoms with Crippen LogP contribution in [0.1, 0.15) is 24.2 Å². The van der Waals surface area contributed by atoms with Gasteiger partial charge in [0, 0.05) is 42.3 Å². The number of furan rings is 1. The minimum absolute atomic E-state index is 0.142.